The Hall–Kier alpha value is -1.75. The van der Waals surface area contributed by atoms with E-state index in [4.69, 9.17) is 10.5 Å². The molecule has 1 aromatic carbocycles. The minimum atomic E-state index is -0.279. The van der Waals surface area contributed by atoms with Crippen molar-refractivity contribution in [1.29, 1.82) is 0 Å². The minimum absolute atomic E-state index is 0.0211. The van der Waals surface area contributed by atoms with Gasteiger partial charge in [0.2, 0.25) is 0 Å². The lowest BCUT2D eigenvalue weighted by Gasteiger charge is -2.15. The van der Waals surface area contributed by atoms with Crippen molar-refractivity contribution in [3.05, 3.63) is 24.3 Å². The number of carbonyl (C=O) groups is 1. The Kier molecular flexibility index (Phi) is 4.63. The molecule has 2 unspecified atom stereocenters. The predicted molar refractivity (Wildman–Crippen MR) is 72.7 cm³/mol. The van der Waals surface area contributed by atoms with E-state index in [1.807, 2.05) is 0 Å². The Morgan fingerprint density at radius 2 is 2.11 bits per heavy atom. The van der Waals surface area contributed by atoms with E-state index in [1.54, 1.807) is 24.3 Å². The zero-order chi connectivity index (χ0) is 13.7. The van der Waals surface area contributed by atoms with Crippen LogP contribution in [0.4, 0.5) is 5.69 Å². The molecule has 5 nitrogen and oxygen atoms in total. The van der Waals surface area contributed by atoms with Gasteiger partial charge in [-0.05, 0) is 37.1 Å². The number of rotatable bonds is 5. The molecule has 2 rings (SSSR count). The van der Waals surface area contributed by atoms with E-state index >= 15 is 0 Å². The van der Waals surface area contributed by atoms with E-state index in [2.05, 4.69) is 5.32 Å². The average molecular weight is 264 g/mol. The second kappa shape index (κ2) is 6.43. The molecular weight excluding hydrogens is 244 g/mol. The monoisotopic (exact) mass is 264 g/mol. The van der Waals surface area contributed by atoms with Crippen molar-refractivity contribution < 1.29 is 14.6 Å². The smallest absolute Gasteiger partial charge is 0.257 e. The Morgan fingerprint density at radius 3 is 2.74 bits per heavy atom. The molecule has 0 aromatic heterocycles. The molecule has 2 atom stereocenters. The molecule has 5 heteroatoms. The molecule has 0 saturated heterocycles. The number of aliphatic hydroxyl groups excluding tert-OH is 1. The Balaban J connectivity index is 1.68. The normalized spacial score (nSPS) is 22.2. The molecule has 1 aliphatic carbocycles. The summed E-state index contributed by atoms with van der Waals surface area (Å²) in [7, 11) is 0. The van der Waals surface area contributed by atoms with Crippen LogP contribution in [0.25, 0.3) is 0 Å². The third-order valence-electron chi connectivity index (χ3n) is 3.43. The van der Waals surface area contributed by atoms with Gasteiger partial charge in [0, 0.05) is 18.2 Å². The number of amides is 1. The van der Waals surface area contributed by atoms with E-state index in [-0.39, 0.29) is 24.5 Å². The van der Waals surface area contributed by atoms with Crippen LogP contribution in [0.2, 0.25) is 0 Å². The molecule has 1 saturated carbocycles. The summed E-state index contributed by atoms with van der Waals surface area (Å²) >= 11 is 0. The van der Waals surface area contributed by atoms with E-state index < -0.39 is 0 Å². The van der Waals surface area contributed by atoms with Crippen LogP contribution in [0.3, 0.4) is 0 Å². The van der Waals surface area contributed by atoms with Gasteiger partial charge in [0.25, 0.3) is 5.91 Å². The molecule has 104 valence electrons. The summed E-state index contributed by atoms with van der Waals surface area (Å²) in [5.74, 6) is 0.627. The van der Waals surface area contributed by atoms with Crippen LogP contribution in [-0.2, 0) is 4.79 Å². The van der Waals surface area contributed by atoms with Gasteiger partial charge < -0.3 is 20.9 Å². The molecule has 19 heavy (non-hydrogen) atoms. The standard InChI is InChI=1S/C14H20N2O3/c15-11-4-6-12(7-5-11)19-9-14(18)16-8-10-2-1-3-13(10)17/h4-7,10,13,17H,1-3,8-9,15H2,(H,16,18). The highest BCUT2D eigenvalue weighted by Crippen LogP contribution is 2.24. The molecule has 1 aromatic rings. The van der Waals surface area contributed by atoms with Crippen molar-refractivity contribution in [2.45, 2.75) is 25.4 Å². The molecule has 0 bridgehead atoms. The lowest BCUT2D eigenvalue weighted by Crippen LogP contribution is -2.35. The second-order valence-electron chi connectivity index (χ2n) is 4.92. The maximum Gasteiger partial charge on any atom is 0.257 e. The molecule has 0 heterocycles. The summed E-state index contributed by atoms with van der Waals surface area (Å²) < 4.78 is 5.33. The molecule has 1 aliphatic rings. The fourth-order valence-corrected chi connectivity index (χ4v) is 2.26. The zero-order valence-electron chi connectivity index (χ0n) is 10.8. The first kappa shape index (κ1) is 13.7. The van der Waals surface area contributed by atoms with Crippen molar-refractivity contribution in [2.75, 3.05) is 18.9 Å². The van der Waals surface area contributed by atoms with E-state index in [1.165, 1.54) is 0 Å². The highest BCUT2D eigenvalue weighted by atomic mass is 16.5. The summed E-state index contributed by atoms with van der Waals surface area (Å²) in [5, 5.41) is 12.4. The number of nitrogen functional groups attached to an aromatic ring is 1. The number of nitrogens with one attached hydrogen (secondary N) is 1. The van der Waals surface area contributed by atoms with Gasteiger partial charge in [-0.25, -0.2) is 0 Å². The molecule has 1 amide bonds. The number of carbonyl (C=O) groups excluding carboxylic acids is 1. The summed E-state index contributed by atoms with van der Waals surface area (Å²) in [6.07, 6.45) is 2.56. The fraction of sp³-hybridized carbons (Fsp3) is 0.500. The lowest BCUT2D eigenvalue weighted by atomic mass is 10.1. The van der Waals surface area contributed by atoms with E-state index in [0.29, 0.717) is 18.0 Å². The van der Waals surface area contributed by atoms with Crippen molar-refractivity contribution in [2.24, 2.45) is 5.92 Å². The van der Waals surface area contributed by atoms with Gasteiger partial charge in [-0.2, -0.15) is 0 Å². The van der Waals surface area contributed by atoms with Gasteiger partial charge in [0.15, 0.2) is 6.61 Å². The van der Waals surface area contributed by atoms with Crippen molar-refractivity contribution in [1.82, 2.24) is 5.32 Å². The van der Waals surface area contributed by atoms with Crippen molar-refractivity contribution in [3.8, 4) is 5.75 Å². The van der Waals surface area contributed by atoms with Gasteiger partial charge in [0.05, 0.1) is 6.10 Å². The summed E-state index contributed by atoms with van der Waals surface area (Å²) in [6, 6.07) is 6.90. The molecule has 0 radical (unpaired) electrons. The van der Waals surface area contributed by atoms with Gasteiger partial charge in [-0.15, -0.1) is 0 Å². The maximum atomic E-state index is 11.6. The van der Waals surface area contributed by atoms with Crippen LogP contribution >= 0.6 is 0 Å². The average Bonchev–Trinajstić information content (AvgIpc) is 2.81. The van der Waals surface area contributed by atoms with Gasteiger partial charge in [-0.3, -0.25) is 4.79 Å². The predicted octanol–water partition coefficient (Wildman–Crippen LogP) is 0.925. The topological polar surface area (TPSA) is 84.6 Å². The number of ether oxygens (including phenoxy) is 1. The number of benzene rings is 1. The van der Waals surface area contributed by atoms with Crippen LogP contribution in [-0.4, -0.2) is 30.3 Å². The summed E-state index contributed by atoms with van der Waals surface area (Å²) in [6.45, 7) is 0.498. The highest BCUT2D eigenvalue weighted by Gasteiger charge is 2.25. The molecule has 1 fully saturated rings. The Bertz CT molecular complexity index is 419. The van der Waals surface area contributed by atoms with Gasteiger partial charge in [0.1, 0.15) is 5.75 Å². The third-order valence-corrected chi connectivity index (χ3v) is 3.43. The first-order valence-electron chi connectivity index (χ1n) is 6.58. The van der Waals surface area contributed by atoms with Crippen LogP contribution in [0.1, 0.15) is 19.3 Å². The number of hydrogen-bond donors (Lipinski definition) is 3. The third kappa shape index (κ3) is 4.13. The number of aliphatic hydroxyl groups is 1. The quantitative estimate of drug-likeness (QED) is 0.691. The summed E-state index contributed by atoms with van der Waals surface area (Å²) in [4.78, 5) is 11.6. The molecule has 4 N–H and O–H groups in total. The van der Waals surface area contributed by atoms with Crippen LogP contribution in [0, 0.1) is 5.92 Å². The molecular formula is C14H20N2O3. The van der Waals surface area contributed by atoms with E-state index in [0.717, 1.165) is 19.3 Å². The number of hydrogen-bond acceptors (Lipinski definition) is 4. The Labute approximate surface area is 112 Å². The number of nitrogens with two attached hydrogens (primary N) is 1. The van der Waals surface area contributed by atoms with Crippen LogP contribution < -0.4 is 15.8 Å². The minimum Gasteiger partial charge on any atom is -0.484 e. The van der Waals surface area contributed by atoms with E-state index in [9.17, 15) is 9.90 Å². The first-order valence-corrected chi connectivity index (χ1v) is 6.58. The first-order chi connectivity index (χ1) is 9.15. The number of anilines is 1. The van der Waals surface area contributed by atoms with Crippen LogP contribution in [0.5, 0.6) is 5.75 Å². The van der Waals surface area contributed by atoms with Crippen molar-refractivity contribution >= 4 is 11.6 Å². The summed E-state index contributed by atoms with van der Waals surface area (Å²) in [5.41, 5.74) is 6.21. The van der Waals surface area contributed by atoms with Gasteiger partial charge >= 0.3 is 0 Å². The second-order valence-corrected chi connectivity index (χ2v) is 4.92. The lowest BCUT2D eigenvalue weighted by molar-refractivity contribution is -0.123. The fourth-order valence-electron chi connectivity index (χ4n) is 2.26. The molecule has 0 spiro atoms. The SMILES string of the molecule is Nc1ccc(OCC(=O)NCC2CCCC2O)cc1. The maximum absolute atomic E-state index is 11.6. The largest absolute Gasteiger partial charge is 0.484 e. The van der Waals surface area contributed by atoms with Crippen molar-refractivity contribution in [3.63, 3.8) is 0 Å². The molecule has 0 aliphatic heterocycles. The highest BCUT2D eigenvalue weighted by molar-refractivity contribution is 5.77. The Morgan fingerprint density at radius 1 is 1.37 bits per heavy atom. The van der Waals surface area contributed by atoms with Crippen LogP contribution in [0.15, 0.2) is 24.3 Å². The zero-order valence-corrected chi connectivity index (χ0v) is 10.8. The van der Waals surface area contributed by atoms with Gasteiger partial charge in [-0.1, -0.05) is 6.42 Å².